The Morgan fingerprint density at radius 1 is 1.07 bits per heavy atom. The second-order valence-electron chi connectivity index (χ2n) is 7.49. The number of nitrogens with one attached hydrogen (secondary N) is 1. The molecule has 28 heavy (non-hydrogen) atoms. The maximum absolute atomic E-state index is 11.6. The number of aromatic nitrogens is 2. The Bertz CT molecular complexity index is 915. The highest BCUT2D eigenvalue weighted by Gasteiger charge is 2.11. The molecule has 1 aromatic heterocycles. The largest absolute Gasteiger partial charge is 0.356 e. The molecule has 0 atom stereocenters. The molecule has 1 N–H and O–H groups in total. The van der Waals surface area contributed by atoms with E-state index >= 15 is 0 Å². The Morgan fingerprint density at radius 2 is 1.82 bits per heavy atom. The van der Waals surface area contributed by atoms with Gasteiger partial charge >= 0.3 is 0 Å². The number of unbranched alkanes of at least 4 members (excludes halogenated alkanes) is 2. The van der Waals surface area contributed by atoms with Crippen molar-refractivity contribution < 1.29 is 4.79 Å². The van der Waals surface area contributed by atoms with E-state index in [4.69, 9.17) is 16.6 Å². The summed E-state index contributed by atoms with van der Waals surface area (Å²) >= 11 is 6.02. The van der Waals surface area contributed by atoms with Gasteiger partial charge in [0, 0.05) is 30.5 Å². The van der Waals surface area contributed by atoms with Crippen molar-refractivity contribution in [1.29, 1.82) is 0 Å². The van der Waals surface area contributed by atoms with E-state index < -0.39 is 0 Å². The summed E-state index contributed by atoms with van der Waals surface area (Å²) in [5, 5.41) is 3.73. The van der Waals surface area contributed by atoms with Gasteiger partial charge in [0.25, 0.3) is 0 Å². The zero-order valence-corrected chi connectivity index (χ0v) is 17.4. The lowest BCUT2D eigenvalue weighted by molar-refractivity contribution is -0.123. The second-order valence-corrected chi connectivity index (χ2v) is 7.92. The third kappa shape index (κ3) is 5.35. The number of fused-ring (bicyclic) bond motifs is 1. The average Bonchev–Trinajstić information content (AvgIpc) is 3.03. The molecule has 0 saturated heterocycles. The Kier molecular flexibility index (Phi) is 7.10. The predicted octanol–water partition coefficient (Wildman–Crippen LogP) is 5.22. The average molecular weight is 398 g/mol. The second kappa shape index (κ2) is 9.74. The van der Waals surface area contributed by atoms with Crippen LogP contribution in [0.4, 0.5) is 0 Å². The molecule has 1 amide bonds. The molecule has 3 aromatic rings. The van der Waals surface area contributed by atoms with Crippen molar-refractivity contribution >= 4 is 28.5 Å². The fourth-order valence-corrected chi connectivity index (χ4v) is 3.39. The molecule has 0 aliphatic rings. The molecule has 2 aromatic carbocycles. The summed E-state index contributed by atoms with van der Waals surface area (Å²) in [6.45, 7) is 5.37. The molecule has 0 aliphatic carbocycles. The first-order valence-corrected chi connectivity index (χ1v) is 10.4. The molecule has 148 valence electrons. The van der Waals surface area contributed by atoms with Crippen LogP contribution in [0.3, 0.4) is 0 Å². The van der Waals surface area contributed by atoms with Crippen LogP contribution >= 0.6 is 11.6 Å². The normalized spacial score (nSPS) is 11.3. The summed E-state index contributed by atoms with van der Waals surface area (Å²) in [7, 11) is 0. The minimum atomic E-state index is 0.0489. The molecule has 0 spiro atoms. The lowest BCUT2D eigenvalue weighted by Gasteiger charge is -2.10. The van der Waals surface area contributed by atoms with E-state index in [0.29, 0.717) is 0 Å². The summed E-state index contributed by atoms with van der Waals surface area (Å²) in [5.74, 6) is 1.29. The molecule has 4 nitrogen and oxygen atoms in total. The molecule has 1 heterocycles. The topological polar surface area (TPSA) is 46.9 Å². The lowest BCUT2D eigenvalue weighted by atomic mass is 10.1. The first kappa shape index (κ1) is 20.4. The number of benzene rings is 2. The van der Waals surface area contributed by atoms with Crippen molar-refractivity contribution in [3.05, 3.63) is 64.9 Å². The number of amides is 1. The Balaban J connectivity index is 1.62. The molecule has 3 rings (SSSR count). The van der Waals surface area contributed by atoms with Crippen LogP contribution in [0.2, 0.25) is 5.02 Å². The number of imidazole rings is 1. The molecule has 0 aliphatic heterocycles. The van der Waals surface area contributed by atoms with Crippen LogP contribution in [0.25, 0.3) is 11.0 Å². The van der Waals surface area contributed by atoms with E-state index in [2.05, 4.69) is 40.2 Å². The maximum Gasteiger partial charge on any atom is 0.222 e. The van der Waals surface area contributed by atoms with Crippen molar-refractivity contribution in [2.24, 2.45) is 5.92 Å². The summed E-state index contributed by atoms with van der Waals surface area (Å²) in [4.78, 5) is 16.5. The van der Waals surface area contributed by atoms with Gasteiger partial charge in [-0.05, 0) is 42.7 Å². The number of aryl methyl sites for hydroxylation is 1. The van der Waals surface area contributed by atoms with Crippen LogP contribution in [-0.2, 0) is 17.8 Å². The van der Waals surface area contributed by atoms with Crippen molar-refractivity contribution in [3.63, 3.8) is 0 Å². The van der Waals surface area contributed by atoms with Gasteiger partial charge in [0.2, 0.25) is 5.91 Å². The molecular formula is C23H28ClN3O. The highest BCUT2D eigenvalue weighted by molar-refractivity contribution is 6.30. The number of hydrogen-bond acceptors (Lipinski definition) is 2. The molecular weight excluding hydrogens is 370 g/mol. The quantitative estimate of drug-likeness (QED) is 0.503. The van der Waals surface area contributed by atoms with Crippen LogP contribution in [-0.4, -0.2) is 22.0 Å². The summed E-state index contributed by atoms with van der Waals surface area (Å²) in [5.41, 5.74) is 3.41. The zero-order chi connectivity index (χ0) is 19.9. The number of para-hydroxylation sites is 2. The monoisotopic (exact) mass is 397 g/mol. The van der Waals surface area contributed by atoms with Gasteiger partial charge in [0.1, 0.15) is 5.82 Å². The van der Waals surface area contributed by atoms with E-state index in [9.17, 15) is 4.79 Å². The highest BCUT2D eigenvalue weighted by Crippen LogP contribution is 2.20. The summed E-state index contributed by atoms with van der Waals surface area (Å²) < 4.78 is 2.30. The van der Waals surface area contributed by atoms with Gasteiger partial charge < -0.3 is 9.88 Å². The first-order valence-electron chi connectivity index (χ1n) is 10.0. The van der Waals surface area contributed by atoms with Crippen molar-refractivity contribution in [3.8, 4) is 0 Å². The van der Waals surface area contributed by atoms with Gasteiger partial charge in [-0.25, -0.2) is 4.98 Å². The van der Waals surface area contributed by atoms with E-state index in [1.165, 1.54) is 5.56 Å². The van der Waals surface area contributed by atoms with Crippen LogP contribution < -0.4 is 5.32 Å². The number of carbonyl (C=O) groups excluding carboxylic acids is 1. The highest BCUT2D eigenvalue weighted by atomic mass is 35.5. The predicted molar refractivity (Wildman–Crippen MR) is 116 cm³/mol. The zero-order valence-electron chi connectivity index (χ0n) is 16.6. The molecule has 0 bridgehead atoms. The summed E-state index contributed by atoms with van der Waals surface area (Å²) in [6.07, 6.45) is 4.06. The van der Waals surface area contributed by atoms with Gasteiger partial charge in [0.15, 0.2) is 0 Å². The van der Waals surface area contributed by atoms with E-state index in [1.807, 2.05) is 32.0 Å². The summed E-state index contributed by atoms with van der Waals surface area (Å²) in [6, 6.07) is 16.3. The number of carbonyl (C=O) groups is 1. The van der Waals surface area contributed by atoms with Crippen molar-refractivity contribution in [2.45, 2.75) is 46.1 Å². The van der Waals surface area contributed by atoms with Crippen LogP contribution in [0, 0.1) is 5.92 Å². The van der Waals surface area contributed by atoms with E-state index in [0.717, 1.165) is 60.7 Å². The number of hydrogen-bond donors (Lipinski definition) is 1. The van der Waals surface area contributed by atoms with Crippen molar-refractivity contribution in [1.82, 2.24) is 14.9 Å². The van der Waals surface area contributed by atoms with E-state index in [1.54, 1.807) is 0 Å². The van der Waals surface area contributed by atoms with Gasteiger partial charge in [-0.2, -0.15) is 0 Å². The van der Waals surface area contributed by atoms with Crippen LogP contribution in [0.5, 0.6) is 0 Å². The lowest BCUT2D eigenvalue weighted by Crippen LogP contribution is -2.28. The van der Waals surface area contributed by atoms with Gasteiger partial charge in [-0.15, -0.1) is 0 Å². The maximum atomic E-state index is 11.6. The fourth-order valence-electron chi connectivity index (χ4n) is 3.27. The molecule has 0 radical (unpaired) electrons. The smallest absolute Gasteiger partial charge is 0.222 e. The third-order valence-electron chi connectivity index (χ3n) is 4.89. The third-order valence-corrected chi connectivity index (χ3v) is 5.14. The van der Waals surface area contributed by atoms with Gasteiger partial charge in [0.05, 0.1) is 11.0 Å². The Labute approximate surface area is 171 Å². The first-order chi connectivity index (χ1) is 13.5. The Morgan fingerprint density at radius 3 is 2.57 bits per heavy atom. The van der Waals surface area contributed by atoms with Gasteiger partial charge in [-0.3, -0.25) is 4.79 Å². The van der Waals surface area contributed by atoms with E-state index in [-0.39, 0.29) is 11.8 Å². The molecule has 0 saturated carbocycles. The minimum absolute atomic E-state index is 0.0489. The molecule has 0 unspecified atom stereocenters. The minimum Gasteiger partial charge on any atom is -0.356 e. The number of nitrogens with zero attached hydrogens (tertiary/aromatic N) is 2. The standard InChI is InChI=1S/C23H28ClN3O/c1-17(2)23(28)25-15-7-3-4-10-22-26-20-8-5-6-9-21(20)27(22)16-18-11-13-19(24)14-12-18/h5-6,8-9,11-14,17H,3-4,7,10,15-16H2,1-2H3,(H,25,28). The van der Waals surface area contributed by atoms with Crippen molar-refractivity contribution in [2.75, 3.05) is 6.54 Å². The Hall–Kier alpha value is -2.33. The van der Waals surface area contributed by atoms with Crippen LogP contribution in [0.1, 0.15) is 44.5 Å². The number of halogens is 1. The SMILES string of the molecule is CC(C)C(=O)NCCCCCc1nc2ccccc2n1Cc1ccc(Cl)cc1. The molecule has 0 fully saturated rings. The van der Waals surface area contributed by atoms with Gasteiger partial charge in [-0.1, -0.05) is 56.1 Å². The number of rotatable bonds is 9. The van der Waals surface area contributed by atoms with Crippen LogP contribution in [0.15, 0.2) is 48.5 Å². The molecule has 5 heteroatoms. The fraction of sp³-hybridized carbons (Fsp3) is 0.391.